The highest BCUT2D eigenvalue weighted by molar-refractivity contribution is 5.91. The first-order chi connectivity index (χ1) is 27.5. The Labute approximate surface area is 334 Å². The molecule has 0 unspecified atom stereocenters. The van der Waals surface area contributed by atoms with Crippen molar-refractivity contribution in [3.63, 3.8) is 0 Å². The zero-order chi connectivity index (χ0) is 39.6. The fourth-order valence-electron chi connectivity index (χ4n) is 7.06. The second-order valence-corrected chi connectivity index (χ2v) is 14.8. The summed E-state index contributed by atoms with van der Waals surface area (Å²) in [4.78, 5) is 40.3. The van der Waals surface area contributed by atoms with Crippen LogP contribution in [0.5, 0.6) is 0 Å². The molecular formula is C47H64O9. The minimum atomic E-state index is -1.38. The standard InChI is InChI=1S/C47H64O9/c1-2-3-4-5-6-7-8-9-10-11-12-13-14-15-16-17-18-28-35-52-47-43(56-46(51)39-33-26-21-27-34-39)42(55-45(50)38-31-24-20-25-32-38)41(40(36-48)53-47)54-44(49)37-29-22-19-23-30-37/h19-27,29-34,40-43,47-48H,2-18,28,35-36H2,1H3/t40-,41+,42+,43-,47+/m1/s1. The number of ether oxygens (including phenoxy) is 5. The Kier molecular flexibility index (Phi) is 21.3. The predicted molar refractivity (Wildman–Crippen MR) is 217 cm³/mol. The smallest absolute Gasteiger partial charge is 0.338 e. The molecule has 3 aromatic carbocycles. The largest absolute Gasteiger partial charge is 0.452 e. The van der Waals surface area contributed by atoms with Gasteiger partial charge in [0.2, 0.25) is 0 Å². The third-order valence-electron chi connectivity index (χ3n) is 10.3. The van der Waals surface area contributed by atoms with Crippen molar-refractivity contribution in [3.05, 3.63) is 108 Å². The minimum absolute atomic E-state index is 0.247. The number of aliphatic hydroxyl groups excluding tert-OH is 1. The third kappa shape index (κ3) is 15.8. The van der Waals surface area contributed by atoms with Gasteiger partial charge in [0.25, 0.3) is 0 Å². The molecule has 0 spiro atoms. The summed E-state index contributed by atoms with van der Waals surface area (Å²) in [5, 5.41) is 10.5. The van der Waals surface area contributed by atoms with E-state index in [0.29, 0.717) is 0 Å². The van der Waals surface area contributed by atoms with Crippen LogP contribution < -0.4 is 0 Å². The highest BCUT2D eigenvalue weighted by atomic mass is 16.7. The summed E-state index contributed by atoms with van der Waals surface area (Å²) in [5.41, 5.74) is 0.768. The van der Waals surface area contributed by atoms with Crippen LogP contribution in [0.3, 0.4) is 0 Å². The van der Waals surface area contributed by atoms with E-state index in [1.807, 2.05) is 0 Å². The van der Waals surface area contributed by atoms with Crippen LogP contribution in [0, 0.1) is 0 Å². The van der Waals surface area contributed by atoms with E-state index in [2.05, 4.69) is 6.92 Å². The van der Waals surface area contributed by atoms with Gasteiger partial charge < -0.3 is 28.8 Å². The average Bonchev–Trinajstić information content (AvgIpc) is 3.24. The molecule has 0 saturated carbocycles. The number of carbonyl (C=O) groups is 3. The number of benzene rings is 3. The summed E-state index contributed by atoms with van der Waals surface area (Å²) in [7, 11) is 0. The van der Waals surface area contributed by atoms with Gasteiger partial charge in [0.1, 0.15) is 6.10 Å². The predicted octanol–water partition coefficient (Wildman–Crippen LogP) is 10.4. The van der Waals surface area contributed by atoms with Crippen LogP contribution in [0.1, 0.15) is 154 Å². The van der Waals surface area contributed by atoms with E-state index in [1.165, 1.54) is 89.9 Å². The molecule has 3 aromatic rings. The van der Waals surface area contributed by atoms with E-state index in [4.69, 9.17) is 23.7 Å². The van der Waals surface area contributed by atoms with Gasteiger partial charge in [-0.25, -0.2) is 14.4 Å². The van der Waals surface area contributed by atoms with Crippen molar-refractivity contribution in [3.8, 4) is 0 Å². The molecule has 0 bridgehead atoms. The Morgan fingerprint density at radius 1 is 0.482 bits per heavy atom. The molecule has 9 heteroatoms. The SMILES string of the molecule is CCCCCCCCCCCCCCCCCCCCO[C@H]1O[C@H](CO)[C@H](OC(=O)c2ccccc2)[C@H](OC(=O)c2ccccc2)[C@H]1OC(=O)c1ccccc1. The maximum Gasteiger partial charge on any atom is 0.338 e. The number of unbranched alkanes of at least 4 members (excludes halogenated alkanes) is 17. The second-order valence-electron chi connectivity index (χ2n) is 14.8. The molecule has 0 radical (unpaired) electrons. The maximum absolute atomic E-state index is 13.5. The first kappa shape index (κ1) is 44.7. The Bertz CT molecular complexity index is 1500. The lowest BCUT2D eigenvalue weighted by Gasteiger charge is -2.44. The average molecular weight is 773 g/mol. The summed E-state index contributed by atoms with van der Waals surface area (Å²) in [6, 6.07) is 25.1. The number of esters is 3. The number of rotatable bonds is 27. The molecule has 4 rings (SSSR count). The molecule has 1 aliphatic rings. The molecule has 9 nitrogen and oxygen atoms in total. The molecule has 1 aliphatic heterocycles. The minimum Gasteiger partial charge on any atom is -0.452 e. The molecule has 306 valence electrons. The summed E-state index contributed by atoms with van der Waals surface area (Å²) in [5.74, 6) is -2.14. The Balaban J connectivity index is 1.30. The van der Waals surface area contributed by atoms with E-state index in [9.17, 15) is 19.5 Å². The van der Waals surface area contributed by atoms with E-state index >= 15 is 0 Å². The Morgan fingerprint density at radius 3 is 1.20 bits per heavy atom. The lowest BCUT2D eigenvalue weighted by Crippen LogP contribution is -2.63. The summed E-state index contributed by atoms with van der Waals surface area (Å²) < 4.78 is 30.3. The normalized spacial score (nSPS) is 19.3. The van der Waals surface area contributed by atoms with Crippen molar-refractivity contribution in [2.45, 2.75) is 153 Å². The first-order valence-corrected chi connectivity index (χ1v) is 21.2. The fourth-order valence-corrected chi connectivity index (χ4v) is 7.06. The summed E-state index contributed by atoms with van der Waals surface area (Å²) >= 11 is 0. The lowest BCUT2D eigenvalue weighted by atomic mass is 9.97. The topological polar surface area (TPSA) is 118 Å². The Hall–Kier alpha value is -4.05. The molecule has 1 saturated heterocycles. The van der Waals surface area contributed by atoms with Gasteiger partial charge in [-0.1, -0.05) is 171 Å². The maximum atomic E-state index is 13.5. The van der Waals surface area contributed by atoms with Crippen LogP contribution >= 0.6 is 0 Å². The Morgan fingerprint density at radius 2 is 0.821 bits per heavy atom. The summed E-state index contributed by atoms with van der Waals surface area (Å²) in [6.07, 6.45) is 16.4. The highest BCUT2D eigenvalue weighted by Crippen LogP contribution is 2.31. The van der Waals surface area contributed by atoms with Crippen molar-refractivity contribution in [2.75, 3.05) is 13.2 Å². The zero-order valence-corrected chi connectivity index (χ0v) is 33.4. The van der Waals surface area contributed by atoms with Crippen molar-refractivity contribution in [1.82, 2.24) is 0 Å². The van der Waals surface area contributed by atoms with Crippen LogP contribution in [0.4, 0.5) is 0 Å². The highest BCUT2D eigenvalue weighted by Gasteiger charge is 2.53. The fraction of sp³-hybridized carbons (Fsp3) is 0.553. The molecule has 1 heterocycles. The van der Waals surface area contributed by atoms with Crippen molar-refractivity contribution in [1.29, 1.82) is 0 Å². The van der Waals surface area contributed by atoms with Crippen molar-refractivity contribution >= 4 is 17.9 Å². The molecule has 0 amide bonds. The van der Waals surface area contributed by atoms with E-state index in [1.54, 1.807) is 91.0 Å². The number of aliphatic hydroxyl groups is 1. The van der Waals surface area contributed by atoms with Gasteiger partial charge in [0.05, 0.1) is 23.3 Å². The van der Waals surface area contributed by atoms with Crippen LogP contribution in [-0.2, 0) is 23.7 Å². The lowest BCUT2D eigenvalue weighted by molar-refractivity contribution is -0.298. The number of hydrogen-bond donors (Lipinski definition) is 1. The molecule has 1 N–H and O–H groups in total. The number of carbonyl (C=O) groups excluding carboxylic acids is 3. The van der Waals surface area contributed by atoms with Crippen molar-refractivity contribution in [2.24, 2.45) is 0 Å². The molecule has 56 heavy (non-hydrogen) atoms. The monoisotopic (exact) mass is 772 g/mol. The van der Waals surface area contributed by atoms with Crippen LogP contribution in [-0.4, -0.2) is 66.9 Å². The molecule has 0 aromatic heterocycles. The quantitative estimate of drug-likeness (QED) is 0.0459. The van der Waals surface area contributed by atoms with Crippen LogP contribution in [0.2, 0.25) is 0 Å². The number of hydrogen-bond acceptors (Lipinski definition) is 9. The molecule has 0 aliphatic carbocycles. The van der Waals surface area contributed by atoms with Crippen LogP contribution in [0.15, 0.2) is 91.0 Å². The van der Waals surface area contributed by atoms with Gasteiger partial charge in [-0.2, -0.15) is 0 Å². The van der Waals surface area contributed by atoms with Gasteiger partial charge in [0.15, 0.2) is 24.6 Å². The molecule has 1 fully saturated rings. The van der Waals surface area contributed by atoms with Gasteiger partial charge in [-0.15, -0.1) is 0 Å². The van der Waals surface area contributed by atoms with Crippen molar-refractivity contribution < 1.29 is 43.2 Å². The second kappa shape index (κ2) is 26.7. The van der Waals surface area contributed by atoms with Gasteiger partial charge in [0, 0.05) is 6.61 Å². The van der Waals surface area contributed by atoms with Crippen LogP contribution in [0.25, 0.3) is 0 Å². The molecule has 5 atom stereocenters. The van der Waals surface area contributed by atoms with E-state index in [-0.39, 0.29) is 23.3 Å². The van der Waals surface area contributed by atoms with Gasteiger partial charge >= 0.3 is 17.9 Å². The van der Waals surface area contributed by atoms with Gasteiger partial charge in [-0.05, 0) is 42.8 Å². The van der Waals surface area contributed by atoms with Gasteiger partial charge in [-0.3, -0.25) is 0 Å². The van der Waals surface area contributed by atoms with E-state index in [0.717, 1.165) is 25.7 Å². The molecular weight excluding hydrogens is 709 g/mol. The van der Waals surface area contributed by atoms with E-state index < -0.39 is 55.2 Å². The zero-order valence-electron chi connectivity index (χ0n) is 33.4. The third-order valence-corrected chi connectivity index (χ3v) is 10.3. The summed E-state index contributed by atoms with van der Waals surface area (Å²) in [6.45, 7) is 1.98. The first-order valence-electron chi connectivity index (χ1n) is 21.2.